The van der Waals surface area contributed by atoms with E-state index in [-0.39, 0.29) is 59.5 Å². The van der Waals surface area contributed by atoms with Gasteiger partial charge in [0.2, 0.25) is 0 Å². The van der Waals surface area contributed by atoms with Gasteiger partial charge < -0.3 is 10.2 Å². The first kappa shape index (κ1) is 27.5. The summed E-state index contributed by atoms with van der Waals surface area (Å²) in [6, 6.07) is 0. The number of ketones is 2. The number of carboxylic acid groups (broad SMARTS) is 1. The van der Waals surface area contributed by atoms with Crippen molar-refractivity contribution in [1.29, 1.82) is 0 Å². The average molecular weight is 501 g/mol. The number of carboxylic acids is 1. The molecule has 202 valence electrons. The Kier molecular flexibility index (Phi) is 7.16. The fraction of sp³-hybridized carbons (Fsp3) is 0.839. The molecule has 0 spiro atoms. The highest BCUT2D eigenvalue weighted by atomic mass is 16.4. The third-order valence-electron chi connectivity index (χ3n) is 11.7. The van der Waals surface area contributed by atoms with E-state index in [0.717, 1.165) is 25.7 Å². The zero-order chi connectivity index (χ0) is 26.8. The Morgan fingerprint density at radius 2 is 1.72 bits per heavy atom. The van der Waals surface area contributed by atoms with Gasteiger partial charge in [0.15, 0.2) is 5.78 Å². The van der Waals surface area contributed by atoms with Crippen LogP contribution in [-0.2, 0) is 14.4 Å². The minimum absolute atomic E-state index is 0.0268. The van der Waals surface area contributed by atoms with Crippen LogP contribution in [0.4, 0.5) is 0 Å². The Morgan fingerprint density at radius 1 is 1.08 bits per heavy atom. The minimum Gasteiger partial charge on any atom is -0.481 e. The van der Waals surface area contributed by atoms with Gasteiger partial charge in [-0.3, -0.25) is 14.4 Å². The average Bonchev–Trinajstić information content (AvgIpc) is 3.07. The first-order valence-corrected chi connectivity index (χ1v) is 14.5. The lowest BCUT2D eigenvalue weighted by Crippen LogP contribution is -2.62. The summed E-state index contributed by atoms with van der Waals surface area (Å²) in [6.07, 6.45) is 6.78. The van der Waals surface area contributed by atoms with Crippen LogP contribution < -0.4 is 0 Å². The Bertz CT molecular complexity index is 949. The largest absolute Gasteiger partial charge is 0.481 e. The van der Waals surface area contributed by atoms with E-state index in [2.05, 4.69) is 34.6 Å². The van der Waals surface area contributed by atoms with Crippen LogP contribution in [0.25, 0.3) is 0 Å². The van der Waals surface area contributed by atoms with Crippen molar-refractivity contribution in [2.75, 3.05) is 0 Å². The monoisotopic (exact) mass is 500 g/mol. The molecule has 0 amide bonds. The van der Waals surface area contributed by atoms with Crippen molar-refractivity contribution < 1.29 is 24.6 Å². The van der Waals surface area contributed by atoms with E-state index in [1.165, 1.54) is 5.57 Å². The van der Waals surface area contributed by atoms with Crippen LogP contribution in [0, 0.1) is 58.2 Å². The molecular weight excluding hydrogens is 452 g/mol. The second kappa shape index (κ2) is 9.36. The normalized spacial score (nSPS) is 44.2. The molecular formula is C31H48O5. The maximum absolute atomic E-state index is 14.0. The number of allylic oxidation sites excluding steroid dienone is 1. The summed E-state index contributed by atoms with van der Waals surface area (Å²) in [6.45, 7) is 15.2. The van der Waals surface area contributed by atoms with Crippen LogP contribution in [0.5, 0.6) is 0 Å². The summed E-state index contributed by atoms with van der Waals surface area (Å²) in [4.78, 5) is 38.5. The molecule has 0 aromatic rings. The maximum Gasteiger partial charge on any atom is 0.303 e. The number of aliphatic carboxylic acids is 1. The summed E-state index contributed by atoms with van der Waals surface area (Å²) in [7, 11) is 0. The predicted octanol–water partition coefficient (Wildman–Crippen LogP) is 6.08. The third-order valence-corrected chi connectivity index (χ3v) is 11.7. The molecule has 3 saturated carbocycles. The molecule has 0 saturated heterocycles. The standard InChI is InChI=1S/C31H48O5/c1-8-20-24-16-19(32)15-23(17(2)3)30(24,7)22-9-12-29(6)21(27(22)26(20)28(35)18(4)5)10-13-31(29,36)14-11-25(33)34/h16-18,20-23,26-27,36H,8-15H2,1-7H3,(H,33,34)/t20-,21+,22+,23?,26+,27+,29+,30+,31-/m1/s1. The first-order chi connectivity index (χ1) is 16.7. The van der Waals surface area contributed by atoms with Crippen LogP contribution in [0.15, 0.2) is 11.6 Å². The second-order valence-corrected chi connectivity index (χ2v) is 13.7. The van der Waals surface area contributed by atoms with Gasteiger partial charge >= 0.3 is 5.97 Å². The lowest BCUT2D eigenvalue weighted by atomic mass is 9.39. The highest BCUT2D eigenvalue weighted by molar-refractivity contribution is 5.93. The molecule has 4 rings (SSSR count). The van der Waals surface area contributed by atoms with Crippen LogP contribution in [0.3, 0.4) is 0 Å². The molecule has 5 heteroatoms. The minimum atomic E-state index is -1.01. The summed E-state index contributed by atoms with van der Waals surface area (Å²) < 4.78 is 0. The van der Waals surface area contributed by atoms with E-state index in [0.29, 0.717) is 30.5 Å². The van der Waals surface area contributed by atoms with Gasteiger partial charge in [0.25, 0.3) is 0 Å². The fourth-order valence-corrected chi connectivity index (χ4v) is 9.89. The Morgan fingerprint density at radius 3 is 2.28 bits per heavy atom. The molecule has 1 unspecified atom stereocenters. The van der Waals surface area contributed by atoms with Crippen molar-refractivity contribution in [1.82, 2.24) is 0 Å². The predicted molar refractivity (Wildman–Crippen MR) is 140 cm³/mol. The first-order valence-electron chi connectivity index (χ1n) is 14.5. The number of carbonyl (C=O) groups is 3. The van der Waals surface area contributed by atoms with E-state index in [4.69, 9.17) is 0 Å². The number of hydrogen-bond donors (Lipinski definition) is 2. The molecule has 5 nitrogen and oxygen atoms in total. The van der Waals surface area contributed by atoms with Gasteiger partial charge in [-0.05, 0) is 90.9 Å². The van der Waals surface area contributed by atoms with Gasteiger partial charge in [0, 0.05) is 24.7 Å². The van der Waals surface area contributed by atoms with E-state index < -0.39 is 17.0 Å². The number of carbonyl (C=O) groups excluding carboxylic acids is 2. The smallest absolute Gasteiger partial charge is 0.303 e. The van der Waals surface area contributed by atoms with Gasteiger partial charge in [0.1, 0.15) is 5.78 Å². The van der Waals surface area contributed by atoms with Gasteiger partial charge in [-0.1, -0.05) is 54.0 Å². The SMILES string of the molecule is CC[C@@H]1C2=CC(=O)CC(C(C)C)[C@]2(C)[C@H]2CC[C@@]3(C)[C@@H](CC[C@@]3(O)CCC(=O)O)[C@@H]2[C@H]1C(=O)C(C)C. The molecule has 0 aromatic carbocycles. The topological polar surface area (TPSA) is 91.7 Å². The van der Waals surface area contributed by atoms with E-state index in [9.17, 15) is 24.6 Å². The van der Waals surface area contributed by atoms with Gasteiger partial charge in [0.05, 0.1) is 5.60 Å². The van der Waals surface area contributed by atoms with E-state index in [1.807, 2.05) is 19.9 Å². The van der Waals surface area contributed by atoms with Crippen LogP contribution in [-0.4, -0.2) is 33.3 Å². The molecule has 4 aliphatic rings. The van der Waals surface area contributed by atoms with Crippen molar-refractivity contribution >= 4 is 17.5 Å². The lowest BCUT2D eigenvalue weighted by molar-refractivity contribution is -0.171. The number of Topliss-reactive ketones (excluding diaryl/α,β-unsaturated/α-hetero) is 1. The van der Waals surface area contributed by atoms with Crippen LogP contribution >= 0.6 is 0 Å². The maximum atomic E-state index is 14.0. The summed E-state index contributed by atoms with van der Waals surface area (Å²) in [5, 5.41) is 21.3. The summed E-state index contributed by atoms with van der Waals surface area (Å²) in [5.41, 5.74) is -0.314. The van der Waals surface area contributed by atoms with Crippen molar-refractivity contribution in [2.24, 2.45) is 58.2 Å². The fourth-order valence-electron chi connectivity index (χ4n) is 9.89. The molecule has 9 atom stereocenters. The van der Waals surface area contributed by atoms with Gasteiger partial charge in [-0.25, -0.2) is 0 Å². The molecule has 0 aromatic heterocycles. The molecule has 4 aliphatic carbocycles. The quantitative estimate of drug-likeness (QED) is 0.442. The van der Waals surface area contributed by atoms with E-state index in [1.54, 1.807) is 0 Å². The third kappa shape index (κ3) is 3.85. The van der Waals surface area contributed by atoms with Gasteiger partial charge in [-0.2, -0.15) is 0 Å². The van der Waals surface area contributed by atoms with Crippen molar-refractivity contribution in [3.63, 3.8) is 0 Å². The highest BCUT2D eigenvalue weighted by Gasteiger charge is 2.68. The second-order valence-electron chi connectivity index (χ2n) is 13.7. The number of fused-ring (bicyclic) bond motifs is 5. The number of hydrogen-bond acceptors (Lipinski definition) is 4. The lowest BCUT2D eigenvalue weighted by Gasteiger charge is -2.65. The molecule has 0 heterocycles. The highest BCUT2D eigenvalue weighted by Crippen LogP contribution is 2.72. The number of aliphatic hydroxyl groups is 1. The zero-order valence-electron chi connectivity index (χ0n) is 23.5. The zero-order valence-corrected chi connectivity index (χ0v) is 23.5. The van der Waals surface area contributed by atoms with Crippen LogP contribution in [0.2, 0.25) is 0 Å². The molecule has 3 fully saturated rings. The Balaban J connectivity index is 1.88. The molecule has 36 heavy (non-hydrogen) atoms. The van der Waals surface area contributed by atoms with Crippen molar-refractivity contribution in [3.8, 4) is 0 Å². The molecule has 0 radical (unpaired) electrons. The Labute approximate surface area is 217 Å². The molecule has 0 bridgehead atoms. The van der Waals surface area contributed by atoms with Crippen molar-refractivity contribution in [2.45, 2.75) is 105 Å². The molecule has 0 aliphatic heterocycles. The van der Waals surface area contributed by atoms with Crippen molar-refractivity contribution in [3.05, 3.63) is 11.6 Å². The summed E-state index contributed by atoms with van der Waals surface area (Å²) >= 11 is 0. The molecule has 2 N–H and O–H groups in total. The van der Waals surface area contributed by atoms with Gasteiger partial charge in [-0.15, -0.1) is 0 Å². The number of rotatable bonds is 7. The summed E-state index contributed by atoms with van der Waals surface area (Å²) in [5.74, 6) is 0.684. The van der Waals surface area contributed by atoms with E-state index >= 15 is 0 Å². The Hall–Kier alpha value is -1.49. The van der Waals surface area contributed by atoms with Crippen LogP contribution in [0.1, 0.15) is 99.8 Å².